The summed E-state index contributed by atoms with van der Waals surface area (Å²) in [6.45, 7) is 2.87. The van der Waals surface area contributed by atoms with Crippen LogP contribution in [-0.4, -0.2) is 45.8 Å². The Bertz CT molecular complexity index is 387. The molecule has 1 amide bonds. The van der Waals surface area contributed by atoms with E-state index in [1.165, 1.54) is 0 Å². The second kappa shape index (κ2) is 4.65. The van der Waals surface area contributed by atoms with Gasteiger partial charge in [0.2, 0.25) is 0 Å². The number of fused-ring (bicyclic) bond motifs is 1. The molecule has 1 heterocycles. The fourth-order valence-electron chi connectivity index (χ4n) is 2.17. The van der Waals surface area contributed by atoms with E-state index in [0.717, 1.165) is 30.5 Å². The molecule has 2 N–H and O–H groups in total. The van der Waals surface area contributed by atoms with Gasteiger partial charge in [-0.25, -0.2) is 0 Å². The Balaban J connectivity index is 2.19. The van der Waals surface area contributed by atoms with Crippen LogP contribution >= 0.6 is 0 Å². The number of nitrogens with zero attached hydrogens (tertiary/aromatic N) is 2. The van der Waals surface area contributed by atoms with E-state index in [4.69, 9.17) is 5.11 Å². The van der Waals surface area contributed by atoms with Gasteiger partial charge in [0, 0.05) is 24.3 Å². The molecule has 0 unspecified atom stereocenters. The maximum atomic E-state index is 12.1. The first kappa shape index (κ1) is 11.1. The van der Waals surface area contributed by atoms with Gasteiger partial charge in [-0.15, -0.1) is 0 Å². The van der Waals surface area contributed by atoms with Crippen molar-refractivity contribution in [1.29, 1.82) is 0 Å². The summed E-state index contributed by atoms with van der Waals surface area (Å²) in [5.41, 5.74) is 2.72. The molecule has 16 heavy (non-hydrogen) atoms. The molecule has 0 radical (unpaired) electrons. The minimum absolute atomic E-state index is 0.00774. The van der Waals surface area contributed by atoms with Gasteiger partial charge in [0.1, 0.15) is 0 Å². The molecule has 0 aromatic carbocycles. The van der Waals surface area contributed by atoms with Crippen LogP contribution in [0.4, 0.5) is 0 Å². The summed E-state index contributed by atoms with van der Waals surface area (Å²) in [6.07, 6.45) is 3.02. The third kappa shape index (κ3) is 1.82. The van der Waals surface area contributed by atoms with Crippen LogP contribution in [0.3, 0.4) is 0 Å². The summed E-state index contributed by atoms with van der Waals surface area (Å²) in [7, 11) is 0. The van der Waals surface area contributed by atoms with Gasteiger partial charge in [0.25, 0.3) is 5.91 Å². The van der Waals surface area contributed by atoms with Crippen molar-refractivity contribution in [3.63, 3.8) is 0 Å². The van der Waals surface area contributed by atoms with Gasteiger partial charge in [-0.1, -0.05) is 0 Å². The second-order valence-corrected chi connectivity index (χ2v) is 3.99. The van der Waals surface area contributed by atoms with Gasteiger partial charge in [0.15, 0.2) is 5.69 Å². The van der Waals surface area contributed by atoms with E-state index in [9.17, 15) is 4.79 Å². The Labute approximate surface area is 94.5 Å². The van der Waals surface area contributed by atoms with Gasteiger partial charge in [-0.3, -0.25) is 9.89 Å². The average molecular weight is 223 g/mol. The van der Waals surface area contributed by atoms with Crippen molar-refractivity contribution in [3.8, 4) is 0 Å². The van der Waals surface area contributed by atoms with E-state index >= 15 is 0 Å². The first-order valence-electron chi connectivity index (χ1n) is 5.74. The van der Waals surface area contributed by atoms with Crippen molar-refractivity contribution in [2.75, 3.05) is 19.7 Å². The van der Waals surface area contributed by atoms with E-state index in [2.05, 4.69) is 10.2 Å². The van der Waals surface area contributed by atoms with Crippen LogP contribution < -0.4 is 0 Å². The quantitative estimate of drug-likeness (QED) is 0.774. The number of carbonyl (C=O) groups is 1. The predicted molar refractivity (Wildman–Crippen MR) is 59.3 cm³/mol. The van der Waals surface area contributed by atoms with E-state index in [0.29, 0.717) is 18.8 Å². The number of hydrogen-bond donors (Lipinski definition) is 2. The number of aryl methyl sites for hydroxylation is 1. The highest BCUT2D eigenvalue weighted by Crippen LogP contribution is 2.23. The molecular formula is C11H17N3O2. The molecular weight excluding hydrogens is 206 g/mol. The number of aromatic amines is 1. The fourth-order valence-corrected chi connectivity index (χ4v) is 2.17. The first-order chi connectivity index (χ1) is 7.77. The smallest absolute Gasteiger partial charge is 0.274 e. The summed E-state index contributed by atoms with van der Waals surface area (Å²) in [6, 6.07) is 0. The Kier molecular flexibility index (Phi) is 3.24. The minimum Gasteiger partial charge on any atom is -0.395 e. The third-order valence-electron chi connectivity index (χ3n) is 3.05. The molecule has 5 nitrogen and oxygen atoms in total. The van der Waals surface area contributed by atoms with E-state index in [1.54, 1.807) is 4.90 Å². The van der Waals surface area contributed by atoms with Crippen LogP contribution in [-0.2, 0) is 12.8 Å². The lowest BCUT2D eigenvalue weighted by Crippen LogP contribution is -2.34. The summed E-state index contributed by atoms with van der Waals surface area (Å²) in [5, 5.41) is 15.9. The molecule has 88 valence electrons. The van der Waals surface area contributed by atoms with Crippen molar-refractivity contribution in [1.82, 2.24) is 15.1 Å². The largest absolute Gasteiger partial charge is 0.395 e. The highest BCUT2D eigenvalue weighted by atomic mass is 16.3. The van der Waals surface area contributed by atoms with Crippen molar-refractivity contribution in [2.45, 2.75) is 26.2 Å². The molecule has 0 spiro atoms. The number of likely N-dealkylation sites (N-methyl/N-ethyl adjacent to an activating group) is 1. The van der Waals surface area contributed by atoms with E-state index < -0.39 is 0 Å². The SMILES string of the molecule is CCN(CCO)C(=O)c1n[nH]c2c1CCC2. The maximum absolute atomic E-state index is 12.1. The fraction of sp³-hybridized carbons (Fsp3) is 0.636. The van der Waals surface area contributed by atoms with Gasteiger partial charge >= 0.3 is 0 Å². The van der Waals surface area contributed by atoms with Crippen LogP contribution in [0.5, 0.6) is 0 Å². The van der Waals surface area contributed by atoms with Gasteiger partial charge in [-0.2, -0.15) is 5.10 Å². The molecule has 0 bridgehead atoms. The van der Waals surface area contributed by atoms with Crippen molar-refractivity contribution in [3.05, 3.63) is 17.0 Å². The summed E-state index contributed by atoms with van der Waals surface area (Å²) < 4.78 is 0. The van der Waals surface area contributed by atoms with Gasteiger partial charge < -0.3 is 10.0 Å². The molecule has 0 fully saturated rings. The molecule has 1 aromatic rings. The third-order valence-corrected chi connectivity index (χ3v) is 3.05. The summed E-state index contributed by atoms with van der Waals surface area (Å²) in [5.74, 6) is -0.0732. The zero-order valence-electron chi connectivity index (χ0n) is 9.49. The molecule has 0 saturated heterocycles. The molecule has 2 rings (SSSR count). The van der Waals surface area contributed by atoms with Crippen LogP contribution in [0.15, 0.2) is 0 Å². The number of aromatic nitrogens is 2. The van der Waals surface area contributed by atoms with Crippen LogP contribution in [0.1, 0.15) is 35.1 Å². The Morgan fingerprint density at radius 2 is 2.38 bits per heavy atom. The lowest BCUT2D eigenvalue weighted by molar-refractivity contribution is 0.0725. The monoisotopic (exact) mass is 223 g/mol. The van der Waals surface area contributed by atoms with Crippen LogP contribution in [0.2, 0.25) is 0 Å². The van der Waals surface area contributed by atoms with Gasteiger partial charge in [-0.05, 0) is 26.2 Å². The molecule has 1 aliphatic rings. The van der Waals surface area contributed by atoms with E-state index in [-0.39, 0.29) is 12.5 Å². The Hall–Kier alpha value is -1.36. The molecule has 0 saturated carbocycles. The Morgan fingerprint density at radius 3 is 3.06 bits per heavy atom. The number of aliphatic hydroxyl groups excluding tert-OH is 1. The molecule has 1 aromatic heterocycles. The van der Waals surface area contributed by atoms with Crippen molar-refractivity contribution in [2.24, 2.45) is 0 Å². The maximum Gasteiger partial charge on any atom is 0.274 e. The lowest BCUT2D eigenvalue weighted by Gasteiger charge is -2.18. The van der Waals surface area contributed by atoms with Crippen LogP contribution in [0.25, 0.3) is 0 Å². The topological polar surface area (TPSA) is 69.2 Å². The highest BCUT2D eigenvalue weighted by molar-refractivity contribution is 5.94. The van der Waals surface area contributed by atoms with E-state index in [1.807, 2.05) is 6.92 Å². The number of carbonyl (C=O) groups excluding carboxylic acids is 1. The molecule has 1 aliphatic carbocycles. The Morgan fingerprint density at radius 1 is 1.56 bits per heavy atom. The number of nitrogens with one attached hydrogen (secondary N) is 1. The van der Waals surface area contributed by atoms with Crippen LogP contribution in [0, 0.1) is 0 Å². The highest BCUT2D eigenvalue weighted by Gasteiger charge is 2.25. The van der Waals surface area contributed by atoms with Crippen molar-refractivity contribution >= 4 is 5.91 Å². The number of aliphatic hydroxyl groups is 1. The first-order valence-corrected chi connectivity index (χ1v) is 5.74. The number of H-pyrrole nitrogens is 1. The molecule has 0 aliphatic heterocycles. The zero-order valence-corrected chi connectivity index (χ0v) is 9.49. The average Bonchev–Trinajstić information content (AvgIpc) is 2.86. The minimum atomic E-state index is -0.0732. The molecule has 5 heteroatoms. The lowest BCUT2D eigenvalue weighted by atomic mass is 10.2. The zero-order chi connectivity index (χ0) is 11.5. The predicted octanol–water partition coefficient (Wildman–Crippen LogP) is 0.353. The number of hydrogen-bond acceptors (Lipinski definition) is 3. The van der Waals surface area contributed by atoms with Gasteiger partial charge in [0.05, 0.1) is 6.61 Å². The summed E-state index contributed by atoms with van der Waals surface area (Å²) >= 11 is 0. The number of rotatable bonds is 4. The normalized spacial score (nSPS) is 13.9. The second-order valence-electron chi connectivity index (χ2n) is 3.99. The number of amides is 1. The van der Waals surface area contributed by atoms with Crippen molar-refractivity contribution < 1.29 is 9.90 Å². The molecule has 0 atom stereocenters. The standard InChI is InChI=1S/C11H17N3O2/c1-2-14(6-7-15)11(16)10-8-4-3-5-9(8)12-13-10/h15H,2-7H2,1H3,(H,12,13). The summed E-state index contributed by atoms with van der Waals surface area (Å²) in [4.78, 5) is 13.7.